The van der Waals surface area contributed by atoms with Crippen LogP contribution in [0.3, 0.4) is 0 Å². The molecule has 1 aromatic carbocycles. The number of halogens is 4. The van der Waals surface area contributed by atoms with Crippen LogP contribution < -0.4 is 10.1 Å². The smallest absolute Gasteiger partial charge is 0.274 e. The second-order valence-corrected chi connectivity index (χ2v) is 6.14. The second kappa shape index (κ2) is 12.8. The molecule has 0 aliphatic rings. The Labute approximate surface area is 185 Å². The van der Waals surface area contributed by atoms with Crippen molar-refractivity contribution in [2.24, 2.45) is 0 Å². The van der Waals surface area contributed by atoms with Crippen LogP contribution in [0, 0.1) is 5.82 Å². The van der Waals surface area contributed by atoms with Gasteiger partial charge < -0.3 is 10.1 Å². The second-order valence-electron chi connectivity index (χ2n) is 6.14. The minimum atomic E-state index is -0.379. The van der Waals surface area contributed by atoms with Gasteiger partial charge in [0, 0.05) is 25.0 Å². The number of nitrogens with zero attached hydrogens (tertiary/aromatic N) is 3. The van der Waals surface area contributed by atoms with Crippen molar-refractivity contribution in [3.8, 4) is 5.75 Å². The summed E-state index contributed by atoms with van der Waals surface area (Å²) in [5.74, 6) is -0.351. The summed E-state index contributed by atoms with van der Waals surface area (Å²) in [5, 5.41) is 6.86. The maximum atomic E-state index is 13.2. The minimum Gasteiger partial charge on any atom is -0.489 e. The molecule has 0 aliphatic heterocycles. The summed E-state index contributed by atoms with van der Waals surface area (Å²) in [6, 6.07) is 9.18. The van der Waals surface area contributed by atoms with E-state index < -0.39 is 0 Å². The van der Waals surface area contributed by atoms with Gasteiger partial charge >= 0.3 is 0 Å². The van der Waals surface area contributed by atoms with Gasteiger partial charge in [-0.25, -0.2) is 4.39 Å². The van der Waals surface area contributed by atoms with Gasteiger partial charge in [-0.15, -0.1) is 24.8 Å². The van der Waals surface area contributed by atoms with Gasteiger partial charge in [-0.2, -0.15) is 5.10 Å². The van der Waals surface area contributed by atoms with Crippen LogP contribution in [0.25, 0.3) is 0 Å². The lowest BCUT2D eigenvalue weighted by Crippen LogP contribution is -2.14. The van der Waals surface area contributed by atoms with Gasteiger partial charge in [0.2, 0.25) is 0 Å². The monoisotopic (exact) mass is 458 g/mol. The van der Waals surface area contributed by atoms with E-state index in [-0.39, 0.29) is 55.5 Å². The van der Waals surface area contributed by atoms with Crippen molar-refractivity contribution in [2.45, 2.75) is 26.0 Å². The molecular formula is C20H22Cl2F2N4O2. The predicted octanol–water partition coefficient (Wildman–Crippen LogP) is 4.84. The van der Waals surface area contributed by atoms with Crippen molar-refractivity contribution >= 4 is 36.4 Å². The van der Waals surface area contributed by atoms with Crippen LogP contribution >= 0.6 is 24.8 Å². The van der Waals surface area contributed by atoms with E-state index in [0.29, 0.717) is 30.8 Å². The number of nitrogens with one attached hydrogen (secondary N) is 1. The first kappa shape index (κ1) is 25.3. The molecule has 30 heavy (non-hydrogen) atoms. The molecule has 6 nitrogen and oxygen atoms in total. The zero-order valence-corrected chi connectivity index (χ0v) is 17.6. The molecule has 0 atom stereocenters. The van der Waals surface area contributed by atoms with E-state index in [0.717, 1.165) is 5.56 Å². The number of aromatic nitrogens is 3. The lowest BCUT2D eigenvalue weighted by atomic mass is 10.2. The summed E-state index contributed by atoms with van der Waals surface area (Å²) in [6.45, 7) is 0.416. The highest BCUT2D eigenvalue weighted by molar-refractivity contribution is 6.02. The molecule has 1 amide bonds. The number of unbranched alkanes of at least 4 members (excludes halogenated alkanes) is 1. The molecular weight excluding hydrogens is 437 g/mol. The molecule has 0 bridgehead atoms. The van der Waals surface area contributed by atoms with E-state index >= 15 is 0 Å². The normalized spacial score (nSPS) is 9.93. The van der Waals surface area contributed by atoms with Crippen LogP contribution in [-0.2, 0) is 13.2 Å². The molecule has 0 saturated heterocycles. The number of hydrogen-bond donors (Lipinski definition) is 1. The van der Waals surface area contributed by atoms with Crippen LogP contribution in [0.4, 0.5) is 14.5 Å². The van der Waals surface area contributed by atoms with Gasteiger partial charge in [0.25, 0.3) is 5.91 Å². The fourth-order valence-electron chi connectivity index (χ4n) is 2.53. The van der Waals surface area contributed by atoms with Crippen molar-refractivity contribution in [1.29, 1.82) is 0 Å². The van der Waals surface area contributed by atoms with E-state index in [1.807, 2.05) is 0 Å². The van der Waals surface area contributed by atoms with Crippen LogP contribution in [0.2, 0.25) is 0 Å². The van der Waals surface area contributed by atoms with Gasteiger partial charge in [-0.05, 0) is 42.7 Å². The van der Waals surface area contributed by atoms with Gasteiger partial charge in [-0.1, -0.05) is 6.07 Å². The summed E-state index contributed by atoms with van der Waals surface area (Å²) in [4.78, 5) is 16.5. The molecule has 0 unspecified atom stereocenters. The Morgan fingerprint density at radius 2 is 2.00 bits per heavy atom. The van der Waals surface area contributed by atoms with Crippen molar-refractivity contribution in [3.05, 3.63) is 72.1 Å². The van der Waals surface area contributed by atoms with Gasteiger partial charge in [0.05, 0.1) is 18.6 Å². The fourth-order valence-corrected chi connectivity index (χ4v) is 2.53. The first-order chi connectivity index (χ1) is 13.6. The van der Waals surface area contributed by atoms with E-state index in [9.17, 15) is 13.6 Å². The molecule has 0 fully saturated rings. The molecule has 1 N–H and O–H groups in total. The number of pyridine rings is 1. The maximum Gasteiger partial charge on any atom is 0.274 e. The molecule has 3 rings (SSSR count). The summed E-state index contributed by atoms with van der Waals surface area (Å²) in [6.07, 6.45) is 5.90. The van der Waals surface area contributed by atoms with Crippen molar-refractivity contribution in [3.63, 3.8) is 0 Å². The van der Waals surface area contributed by atoms with Gasteiger partial charge in [0.1, 0.15) is 23.9 Å². The number of aryl methyl sites for hydroxylation is 1. The first-order valence-corrected chi connectivity index (χ1v) is 8.87. The largest absolute Gasteiger partial charge is 0.489 e. The number of benzene rings is 1. The number of carbonyl (C=O) groups is 1. The van der Waals surface area contributed by atoms with Crippen molar-refractivity contribution in [1.82, 2.24) is 14.8 Å². The zero-order valence-electron chi connectivity index (χ0n) is 16.0. The Morgan fingerprint density at radius 3 is 2.77 bits per heavy atom. The molecule has 0 radical (unpaired) electrons. The molecule has 2 heterocycles. The Hall–Kier alpha value is -2.71. The average Bonchev–Trinajstić information content (AvgIpc) is 3.14. The summed E-state index contributed by atoms with van der Waals surface area (Å²) >= 11 is 0. The highest BCUT2D eigenvalue weighted by Crippen LogP contribution is 2.15. The zero-order chi connectivity index (χ0) is 19.8. The van der Waals surface area contributed by atoms with Crippen LogP contribution in [-0.4, -0.2) is 27.3 Å². The van der Waals surface area contributed by atoms with Gasteiger partial charge in [0.15, 0.2) is 0 Å². The highest BCUT2D eigenvalue weighted by atomic mass is 35.5. The summed E-state index contributed by atoms with van der Waals surface area (Å²) < 4.78 is 32.5. The molecule has 162 valence electrons. The third-order valence-corrected chi connectivity index (χ3v) is 3.92. The minimum absolute atomic E-state index is 0. The van der Waals surface area contributed by atoms with Crippen molar-refractivity contribution in [2.75, 3.05) is 12.0 Å². The number of anilines is 1. The lowest BCUT2D eigenvalue weighted by Gasteiger charge is -2.07. The van der Waals surface area contributed by atoms with Crippen LogP contribution in [0.15, 0.2) is 55.0 Å². The first-order valence-electron chi connectivity index (χ1n) is 8.87. The number of alkyl halides is 1. The summed E-state index contributed by atoms with van der Waals surface area (Å²) in [7, 11) is 0. The number of hydrogen-bond acceptors (Lipinski definition) is 4. The number of carbonyl (C=O) groups excluding carboxylic acids is 1. The third kappa shape index (κ3) is 7.61. The Kier molecular flexibility index (Phi) is 10.8. The van der Waals surface area contributed by atoms with E-state index in [2.05, 4.69) is 15.4 Å². The topological polar surface area (TPSA) is 69.0 Å². The molecule has 2 aromatic heterocycles. The average molecular weight is 459 g/mol. The molecule has 0 aliphatic carbocycles. The molecule has 10 heteroatoms. The van der Waals surface area contributed by atoms with Gasteiger partial charge in [-0.3, -0.25) is 18.9 Å². The third-order valence-electron chi connectivity index (χ3n) is 3.92. The lowest BCUT2D eigenvalue weighted by molar-refractivity contribution is 0.102. The highest BCUT2D eigenvalue weighted by Gasteiger charge is 2.10. The number of rotatable bonds is 9. The fraction of sp³-hybridized carbons (Fsp3) is 0.250. The van der Waals surface area contributed by atoms with E-state index in [1.54, 1.807) is 35.1 Å². The molecule has 0 saturated carbocycles. The van der Waals surface area contributed by atoms with E-state index in [4.69, 9.17) is 4.74 Å². The Bertz CT molecular complexity index is 940. The maximum absolute atomic E-state index is 13.2. The number of amides is 1. The van der Waals surface area contributed by atoms with Crippen LogP contribution in [0.1, 0.15) is 28.9 Å². The predicted molar refractivity (Wildman–Crippen MR) is 115 cm³/mol. The SMILES string of the molecule is Cl.Cl.O=C(Nc1cnn(CCCCF)c1)c1cc(COc2cccc(F)c2)ccn1. The standard InChI is InChI=1S/C20H20F2N4O2.2ClH/c21-7-1-2-9-26-13-17(12-24-26)25-20(27)19-10-15(6-8-23-19)14-28-18-5-3-4-16(22)11-18;;/h3-6,8,10-13H,1-2,7,9,14H2,(H,25,27);2*1H. The van der Waals surface area contributed by atoms with E-state index in [1.165, 1.54) is 24.5 Å². The Balaban J connectivity index is 0.00000225. The van der Waals surface area contributed by atoms with Crippen LogP contribution in [0.5, 0.6) is 5.75 Å². The Morgan fingerprint density at radius 1 is 1.17 bits per heavy atom. The quantitative estimate of drug-likeness (QED) is 0.465. The molecule has 0 spiro atoms. The molecule has 3 aromatic rings. The van der Waals surface area contributed by atoms with Crippen molar-refractivity contribution < 1.29 is 18.3 Å². The summed E-state index contributed by atoms with van der Waals surface area (Å²) in [5.41, 5.74) is 1.49. The number of ether oxygens (including phenoxy) is 1.